The molecule has 0 spiro atoms. The summed E-state index contributed by atoms with van der Waals surface area (Å²) in [4.78, 5) is 73.5. The molecule has 0 aliphatic heterocycles. The van der Waals surface area contributed by atoms with Crippen LogP contribution in [0.15, 0.2) is 0 Å². The first-order valence-electron chi connectivity index (χ1n) is 48.1. The molecule has 19 heteroatoms. The van der Waals surface area contributed by atoms with Crippen molar-refractivity contribution in [1.29, 1.82) is 0 Å². The molecule has 0 aromatic carbocycles. The van der Waals surface area contributed by atoms with Crippen LogP contribution in [0.25, 0.3) is 0 Å². The van der Waals surface area contributed by atoms with E-state index in [4.69, 9.17) is 37.0 Å². The second-order valence-electron chi connectivity index (χ2n) is 33.9. The standard InChI is InChI=1S/C93H182O17P2/c1-6-9-12-15-18-21-24-26-28-30-32-33-35-39-43-47-52-57-62-67-72-77-91(96)104-83-89(110-93(98)79-74-69-64-59-54-49-45-41-37-36-38-42-46-51-55-60-65-70-75-86(4)5)85-108-112(101,102)106-81-87(94)80-105-111(99,100)107-84-88(82-103-90(95)76-71-66-61-56-50-23-20-17-14-11-8-3)109-92(97)78-73-68-63-58-53-48-44-40-34-31-29-27-25-22-19-16-13-10-7-2/h86-89,94H,6-85H2,1-5H3,(H,99,100)(H,101,102)/t87-,88+,89+/m0/s1. The summed E-state index contributed by atoms with van der Waals surface area (Å²) in [6.07, 6.45) is 82.1. The minimum absolute atomic E-state index is 0.110. The largest absolute Gasteiger partial charge is 0.472 e. The van der Waals surface area contributed by atoms with Crippen molar-refractivity contribution in [3.63, 3.8) is 0 Å². The molecule has 0 aromatic heterocycles. The van der Waals surface area contributed by atoms with Gasteiger partial charge >= 0.3 is 39.5 Å². The first-order valence-corrected chi connectivity index (χ1v) is 51.1. The lowest BCUT2D eigenvalue weighted by atomic mass is 10.0. The highest BCUT2D eigenvalue weighted by molar-refractivity contribution is 7.47. The summed E-state index contributed by atoms with van der Waals surface area (Å²) in [5.41, 5.74) is 0. The third kappa shape index (κ3) is 85.9. The van der Waals surface area contributed by atoms with Crippen molar-refractivity contribution >= 4 is 39.5 Å². The van der Waals surface area contributed by atoms with Gasteiger partial charge in [0.05, 0.1) is 26.4 Å². The molecule has 0 radical (unpaired) electrons. The molecule has 2 unspecified atom stereocenters. The number of phosphoric acid groups is 2. The van der Waals surface area contributed by atoms with Crippen LogP contribution in [0.4, 0.5) is 0 Å². The van der Waals surface area contributed by atoms with Crippen molar-refractivity contribution in [1.82, 2.24) is 0 Å². The van der Waals surface area contributed by atoms with Crippen LogP contribution in [0.5, 0.6) is 0 Å². The monoisotopic (exact) mass is 1630 g/mol. The Morgan fingerprint density at radius 2 is 0.411 bits per heavy atom. The third-order valence-corrected chi connectivity index (χ3v) is 23.9. The summed E-state index contributed by atoms with van der Waals surface area (Å²) in [5.74, 6) is -1.27. The number of ether oxygens (including phenoxy) is 4. The van der Waals surface area contributed by atoms with Gasteiger partial charge in [0.15, 0.2) is 12.2 Å². The predicted octanol–water partition coefficient (Wildman–Crippen LogP) is 29.1. The van der Waals surface area contributed by atoms with Crippen LogP contribution in [-0.2, 0) is 65.4 Å². The maximum atomic E-state index is 13.2. The van der Waals surface area contributed by atoms with Crippen molar-refractivity contribution in [2.24, 2.45) is 5.92 Å². The van der Waals surface area contributed by atoms with Gasteiger partial charge in [-0.25, -0.2) is 9.13 Å². The lowest BCUT2D eigenvalue weighted by molar-refractivity contribution is -0.161. The second-order valence-corrected chi connectivity index (χ2v) is 36.8. The molecule has 0 bridgehead atoms. The van der Waals surface area contributed by atoms with E-state index in [1.165, 1.54) is 334 Å². The van der Waals surface area contributed by atoms with E-state index in [1.807, 2.05) is 0 Å². The number of rotatable bonds is 93. The summed E-state index contributed by atoms with van der Waals surface area (Å²) in [6, 6.07) is 0. The zero-order chi connectivity index (χ0) is 81.8. The molecule has 0 saturated carbocycles. The summed E-state index contributed by atoms with van der Waals surface area (Å²) >= 11 is 0. The van der Waals surface area contributed by atoms with Gasteiger partial charge < -0.3 is 33.8 Å². The number of unbranched alkanes of at least 4 members (excludes halogenated alkanes) is 65. The molecule has 666 valence electrons. The molecule has 0 aliphatic carbocycles. The average Bonchev–Trinajstić information content (AvgIpc) is 0.897. The Labute approximate surface area is 689 Å². The van der Waals surface area contributed by atoms with Crippen molar-refractivity contribution < 1.29 is 80.2 Å². The van der Waals surface area contributed by atoms with Crippen LogP contribution in [0.3, 0.4) is 0 Å². The number of phosphoric ester groups is 2. The molecular weight excluding hydrogens is 1450 g/mol. The van der Waals surface area contributed by atoms with Crippen molar-refractivity contribution in [2.45, 2.75) is 528 Å². The lowest BCUT2D eigenvalue weighted by Gasteiger charge is -2.21. The van der Waals surface area contributed by atoms with Gasteiger partial charge in [0, 0.05) is 25.7 Å². The van der Waals surface area contributed by atoms with E-state index < -0.39 is 97.5 Å². The first-order chi connectivity index (χ1) is 54.5. The quantitative estimate of drug-likeness (QED) is 0.0222. The number of hydrogen-bond acceptors (Lipinski definition) is 15. The van der Waals surface area contributed by atoms with Gasteiger partial charge in [-0.1, -0.05) is 458 Å². The molecule has 0 fully saturated rings. The summed E-state index contributed by atoms with van der Waals surface area (Å²) in [7, 11) is -9.94. The van der Waals surface area contributed by atoms with Gasteiger partial charge in [-0.2, -0.15) is 0 Å². The number of hydrogen-bond donors (Lipinski definition) is 3. The number of aliphatic hydroxyl groups is 1. The van der Waals surface area contributed by atoms with Gasteiger partial charge in [-0.3, -0.25) is 37.3 Å². The van der Waals surface area contributed by atoms with Crippen LogP contribution >= 0.6 is 15.6 Å². The highest BCUT2D eigenvalue weighted by Gasteiger charge is 2.31. The van der Waals surface area contributed by atoms with Gasteiger partial charge in [-0.15, -0.1) is 0 Å². The fraction of sp³-hybridized carbons (Fsp3) is 0.957. The molecule has 0 rings (SSSR count). The maximum absolute atomic E-state index is 13.2. The Hall–Kier alpha value is -1.94. The topological polar surface area (TPSA) is 237 Å². The molecule has 3 N–H and O–H groups in total. The van der Waals surface area contributed by atoms with Gasteiger partial charge in [0.1, 0.15) is 19.3 Å². The van der Waals surface area contributed by atoms with E-state index in [0.29, 0.717) is 25.7 Å². The Morgan fingerprint density at radius 3 is 0.607 bits per heavy atom. The number of carbonyl (C=O) groups excluding carboxylic acids is 4. The summed E-state index contributed by atoms with van der Waals surface area (Å²) in [6.45, 7) is 7.44. The van der Waals surface area contributed by atoms with E-state index in [2.05, 4.69) is 34.6 Å². The molecule has 0 amide bonds. The number of aliphatic hydroxyl groups excluding tert-OH is 1. The highest BCUT2D eigenvalue weighted by atomic mass is 31.2. The van der Waals surface area contributed by atoms with Crippen LogP contribution < -0.4 is 0 Å². The highest BCUT2D eigenvalue weighted by Crippen LogP contribution is 2.45. The number of esters is 4. The van der Waals surface area contributed by atoms with E-state index in [0.717, 1.165) is 95.8 Å². The van der Waals surface area contributed by atoms with Crippen molar-refractivity contribution in [2.75, 3.05) is 39.6 Å². The second kappa shape index (κ2) is 85.5. The lowest BCUT2D eigenvalue weighted by Crippen LogP contribution is -2.30. The Kier molecular flexibility index (Phi) is 84.0. The molecule has 0 saturated heterocycles. The van der Waals surface area contributed by atoms with Gasteiger partial charge in [0.25, 0.3) is 0 Å². The smallest absolute Gasteiger partial charge is 0.462 e. The normalized spacial score (nSPS) is 13.7. The fourth-order valence-corrected chi connectivity index (χ4v) is 16.3. The Morgan fingerprint density at radius 1 is 0.241 bits per heavy atom. The summed E-state index contributed by atoms with van der Waals surface area (Å²) < 4.78 is 69.1. The average molecular weight is 1630 g/mol. The minimum Gasteiger partial charge on any atom is -0.462 e. The van der Waals surface area contributed by atoms with Crippen molar-refractivity contribution in [3.05, 3.63) is 0 Å². The fourth-order valence-electron chi connectivity index (χ4n) is 14.7. The van der Waals surface area contributed by atoms with Crippen molar-refractivity contribution in [3.8, 4) is 0 Å². The first kappa shape index (κ1) is 110. The van der Waals surface area contributed by atoms with Crippen LogP contribution in [-0.4, -0.2) is 96.7 Å². The van der Waals surface area contributed by atoms with Crippen LogP contribution in [0.2, 0.25) is 0 Å². The van der Waals surface area contributed by atoms with Crippen LogP contribution in [0.1, 0.15) is 510 Å². The zero-order valence-corrected chi connectivity index (χ0v) is 75.6. The third-order valence-electron chi connectivity index (χ3n) is 22.0. The zero-order valence-electron chi connectivity index (χ0n) is 73.8. The SMILES string of the molecule is CCCCCCCCCCCCCCCCCCCCCCCC(=O)OC[C@H](COP(=O)(O)OC[C@@H](O)COP(=O)(O)OC[C@@H](COC(=O)CCCCCCCCCCCCC)OC(=O)CCCCCCCCCCCCCCCCCCCCC)OC(=O)CCCCCCCCCCCCCCCCCCCCC(C)C. The van der Waals surface area contributed by atoms with Gasteiger partial charge in [0.2, 0.25) is 0 Å². The molecule has 0 aliphatic rings. The van der Waals surface area contributed by atoms with E-state index in [9.17, 15) is 43.2 Å². The minimum atomic E-state index is -4.97. The molecule has 17 nitrogen and oxygen atoms in total. The molecule has 112 heavy (non-hydrogen) atoms. The van der Waals surface area contributed by atoms with Crippen LogP contribution in [0, 0.1) is 5.92 Å². The molecule has 0 heterocycles. The Bertz CT molecular complexity index is 2120. The summed E-state index contributed by atoms with van der Waals surface area (Å²) in [5, 5.41) is 10.7. The number of carbonyl (C=O) groups is 4. The van der Waals surface area contributed by atoms with Gasteiger partial charge in [-0.05, 0) is 31.6 Å². The Balaban J connectivity index is 5.22. The van der Waals surface area contributed by atoms with E-state index in [1.54, 1.807) is 0 Å². The van der Waals surface area contributed by atoms with E-state index in [-0.39, 0.29) is 25.7 Å². The molecule has 0 aromatic rings. The molecule has 5 atom stereocenters. The molecular formula is C93H182O17P2. The predicted molar refractivity (Wildman–Crippen MR) is 465 cm³/mol. The van der Waals surface area contributed by atoms with E-state index >= 15 is 0 Å². The maximum Gasteiger partial charge on any atom is 0.472 e.